The number of methoxy groups -OCH3 is 2. The predicted octanol–water partition coefficient (Wildman–Crippen LogP) is 1.78. The lowest BCUT2D eigenvalue weighted by molar-refractivity contribution is 0.0618. The maximum atomic E-state index is 13.6. The SMILES string of the molecule is COc1cccc(OC)c1C(=O)N1CCN(Cc2nnnn2-c2cccc(F)c2)CC1. The standard InChI is InChI=1S/C21H23FN6O3/c1-30-17-7-4-8-18(31-2)20(17)21(29)27-11-9-26(10-12-27)14-19-23-24-25-28(19)16-6-3-5-15(22)13-16/h3-8,13H,9-12,14H2,1-2H3. The summed E-state index contributed by atoms with van der Waals surface area (Å²) in [7, 11) is 3.07. The van der Waals surface area contributed by atoms with Gasteiger partial charge in [-0.05, 0) is 40.8 Å². The molecule has 31 heavy (non-hydrogen) atoms. The zero-order valence-corrected chi connectivity index (χ0v) is 17.4. The minimum absolute atomic E-state index is 0.126. The molecule has 3 aromatic rings. The molecule has 162 valence electrons. The molecule has 1 aromatic heterocycles. The molecular formula is C21H23FN6O3. The van der Waals surface area contributed by atoms with Gasteiger partial charge in [-0.15, -0.1) is 5.10 Å². The van der Waals surface area contributed by atoms with E-state index in [0.29, 0.717) is 61.3 Å². The van der Waals surface area contributed by atoms with Crippen LogP contribution >= 0.6 is 0 Å². The van der Waals surface area contributed by atoms with E-state index in [0.717, 1.165) is 0 Å². The molecule has 2 aromatic carbocycles. The maximum Gasteiger partial charge on any atom is 0.261 e. The zero-order valence-electron chi connectivity index (χ0n) is 17.4. The lowest BCUT2D eigenvalue weighted by atomic mass is 10.1. The van der Waals surface area contributed by atoms with Crippen molar-refractivity contribution in [2.45, 2.75) is 6.54 Å². The highest BCUT2D eigenvalue weighted by Gasteiger charge is 2.27. The van der Waals surface area contributed by atoms with E-state index in [4.69, 9.17) is 9.47 Å². The number of amides is 1. The number of benzene rings is 2. The van der Waals surface area contributed by atoms with Crippen LogP contribution in [0.15, 0.2) is 42.5 Å². The van der Waals surface area contributed by atoms with Gasteiger partial charge in [-0.25, -0.2) is 4.39 Å². The Kier molecular flexibility index (Phi) is 6.08. The van der Waals surface area contributed by atoms with Crippen molar-refractivity contribution in [1.29, 1.82) is 0 Å². The van der Waals surface area contributed by atoms with E-state index in [1.165, 1.54) is 31.0 Å². The van der Waals surface area contributed by atoms with Gasteiger partial charge in [0.1, 0.15) is 22.9 Å². The first-order valence-corrected chi connectivity index (χ1v) is 9.86. The van der Waals surface area contributed by atoms with E-state index in [9.17, 15) is 9.18 Å². The number of nitrogens with zero attached hydrogens (tertiary/aromatic N) is 6. The van der Waals surface area contributed by atoms with Crippen LogP contribution in [0.1, 0.15) is 16.2 Å². The summed E-state index contributed by atoms with van der Waals surface area (Å²) in [6, 6.07) is 11.4. The fourth-order valence-electron chi connectivity index (χ4n) is 3.64. The minimum Gasteiger partial charge on any atom is -0.496 e. The molecule has 1 amide bonds. The van der Waals surface area contributed by atoms with Gasteiger partial charge in [0.25, 0.3) is 5.91 Å². The van der Waals surface area contributed by atoms with Crippen molar-refractivity contribution < 1.29 is 18.7 Å². The van der Waals surface area contributed by atoms with Gasteiger partial charge in [0.15, 0.2) is 5.82 Å². The molecule has 9 nitrogen and oxygen atoms in total. The van der Waals surface area contributed by atoms with Crippen LogP contribution in [0, 0.1) is 5.82 Å². The summed E-state index contributed by atoms with van der Waals surface area (Å²) in [5.41, 5.74) is 0.994. The number of ether oxygens (including phenoxy) is 2. The number of aromatic nitrogens is 4. The molecule has 0 N–H and O–H groups in total. The molecule has 1 saturated heterocycles. The lowest BCUT2D eigenvalue weighted by Gasteiger charge is -2.34. The summed E-state index contributed by atoms with van der Waals surface area (Å²) < 4.78 is 25.8. The summed E-state index contributed by atoms with van der Waals surface area (Å²) in [5, 5.41) is 11.8. The van der Waals surface area contributed by atoms with Crippen LogP contribution < -0.4 is 9.47 Å². The Balaban J connectivity index is 1.43. The monoisotopic (exact) mass is 426 g/mol. The zero-order chi connectivity index (χ0) is 21.8. The first-order chi connectivity index (χ1) is 15.1. The summed E-state index contributed by atoms with van der Waals surface area (Å²) >= 11 is 0. The Bertz CT molecular complexity index is 1040. The topological polar surface area (TPSA) is 85.6 Å². The van der Waals surface area contributed by atoms with E-state index >= 15 is 0 Å². The molecule has 0 unspecified atom stereocenters. The van der Waals surface area contributed by atoms with E-state index < -0.39 is 0 Å². The van der Waals surface area contributed by atoms with Crippen molar-refractivity contribution >= 4 is 5.91 Å². The van der Waals surface area contributed by atoms with E-state index in [-0.39, 0.29) is 11.7 Å². The maximum absolute atomic E-state index is 13.6. The third-order valence-electron chi connectivity index (χ3n) is 5.25. The van der Waals surface area contributed by atoms with Crippen LogP contribution in [-0.2, 0) is 6.54 Å². The second-order valence-corrected chi connectivity index (χ2v) is 7.09. The van der Waals surface area contributed by atoms with E-state index in [1.807, 2.05) is 0 Å². The molecule has 0 spiro atoms. The average Bonchev–Trinajstić information content (AvgIpc) is 3.26. The number of hydrogen-bond donors (Lipinski definition) is 0. The molecular weight excluding hydrogens is 403 g/mol. The largest absolute Gasteiger partial charge is 0.496 e. The Labute approximate surface area is 179 Å². The Morgan fingerprint density at radius 2 is 1.71 bits per heavy atom. The van der Waals surface area contributed by atoms with Gasteiger partial charge in [0, 0.05) is 26.2 Å². The van der Waals surface area contributed by atoms with Crippen molar-refractivity contribution in [2.75, 3.05) is 40.4 Å². The number of piperazine rings is 1. The summed E-state index contributed by atoms with van der Waals surface area (Å²) in [6.45, 7) is 2.88. The minimum atomic E-state index is -0.349. The van der Waals surface area contributed by atoms with Gasteiger partial charge in [-0.1, -0.05) is 12.1 Å². The third kappa shape index (κ3) is 4.33. The highest BCUT2D eigenvalue weighted by atomic mass is 19.1. The lowest BCUT2D eigenvalue weighted by Crippen LogP contribution is -2.48. The van der Waals surface area contributed by atoms with Gasteiger partial charge in [-0.2, -0.15) is 4.68 Å². The molecule has 1 aliphatic heterocycles. The predicted molar refractivity (Wildman–Crippen MR) is 110 cm³/mol. The van der Waals surface area contributed by atoms with Crippen molar-refractivity contribution in [3.8, 4) is 17.2 Å². The Hall–Kier alpha value is -3.53. The molecule has 4 rings (SSSR count). The molecule has 0 atom stereocenters. The molecule has 2 heterocycles. The van der Waals surface area contributed by atoms with Gasteiger partial charge in [0.2, 0.25) is 0 Å². The first-order valence-electron chi connectivity index (χ1n) is 9.86. The quantitative estimate of drug-likeness (QED) is 0.594. The third-order valence-corrected chi connectivity index (χ3v) is 5.25. The number of carbonyl (C=O) groups is 1. The first kappa shape index (κ1) is 20.7. The Morgan fingerprint density at radius 3 is 2.35 bits per heavy atom. The fraction of sp³-hybridized carbons (Fsp3) is 0.333. The van der Waals surface area contributed by atoms with Gasteiger partial charge in [0.05, 0.1) is 26.5 Å². The summed E-state index contributed by atoms with van der Waals surface area (Å²) in [5.74, 6) is 1.11. The number of rotatable bonds is 6. The smallest absolute Gasteiger partial charge is 0.261 e. The fourth-order valence-corrected chi connectivity index (χ4v) is 3.64. The second-order valence-electron chi connectivity index (χ2n) is 7.09. The Morgan fingerprint density at radius 1 is 1.03 bits per heavy atom. The molecule has 0 bridgehead atoms. The number of halogens is 1. The molecule has 0 radical (unpaired) electrons. The normalized spacial score (nSPS) is 14.5. The second kappa shape index (κ2) is 9.09. The van der Waals surface area contributed by atoms with Crippen molar-refractivity contribution in [2.24, 2.45) is 0 Å². The van der Waals surface area contributed by atoms with Crippen molar-refractivity contribution in [3.63, 3.8) is 0 Å². The highest BCUT2D eigenvalue weighted by Crippen LogP contribution is 2.30. The average molecular weight is 426 g/mol. The van der Waals surface area contributed by atoms with Crippen LogP contribution in [0.2, 0.25) is 0 Å². The van der Waals surface area contributed by atoms with Crippen molar-refractivity contribution in [1.82, 2.24) is 30.0 Å². The summed E-state index contributed by atoms with van der Waals surface area (Å²) in [6.07, 6.45) is 0. The van der Waals surface area contributed by atoms with E-state index in [1.54, 1.807) is 35.2 Å². The molecule has 1 aliphatic rings. The van der Waals surface area contributed by atoms with Gasteiger partial charge in [-0.3, -0.25) is 9.69 Å². The summed E-state index contributed by atoms with van der Waals surface area (Å²) in [4.78, 5) is 17.1. The van der Waals surface area contributed by atoms with Crippen molar-refractivity contribution in [3.05, 3.63) is 59.7 Å². The number of carbonyl (C=O) groups excluding carboxylic acids is 1. The van der Waals surface area contributed by atoms with Crippen LogP contribution in [0.3, 0.4) is 0 Å². The van der Waals surface area contributed by atoms with Crippen LogP contribution in [0.25, 0.3) is 5.69 Å². The van der Waals surface area contributed by atoms with Gasteiger partial charge >= 0.3 is 0 Å². The number of tetrazole rings is 1. The molecule has 1 fully saturated rings. The highest BCUT2D eigenvalue weighted by molar-refractivity contribution is 5.99. The van der Waals surface area contributed by atoms with Crippen LogP contribution in [-0.4, -0.2) is 76.3 Å². The molecule has 0 aliphatic carbocycles. The van der Waals surface area contributed by atoms with E-state index in [2.05, 4.69) is 20.4 Å². The van der Waals surface area contributed by atoms with Crippen LogP contribution in [0.5, 0.6) is 11.5 Å². The van der Waals surface area contributed by atoms with Crippen LogP contribution in [0.4, 0.5) is 4.39 Å². The molecule has 0 saturated carbocycles. The molecule has 10 heteroatoms. The van der Waals surface area contributed by atoms with Gasteiger partial charge < -0.3 is 14.4 Å². The number of hydrogen-bond acceptors (Lipinski definition) is 7.